The van der Waals surface area contributed by atoms with Crippen molar-refractivity contribution in [1.82, 2.24) is 0 Å². The number of nitrogens with two attached hydrogens (primary N) is 1. The van der Waals surface area contributed by atoms with Crippen molar-refractivity contribution >= 4 is 5.69 Å². The lowest BCUT2D eigenvalue weighted by atomic mass is 10.2. The van der Waals surface area contributed by atoms with Crippen LogP contribution in [0.15, 0.2) is 47.1 Å². The Labute approximate surface area is 107 Å². The lowest BCUT2D eigenvalue weighted by Gasteiger charge is -2.24. The van der Waals surface area contributed by atoms with E-state index in [1.165, 1.54) is 24.1 Å². The molecule has 1 aromatic heterocycles. The Morgan fingerprint density at radius 1 is 1.22 bits per heavy atom. The number of furan rings is 1. The van der Waals surface area contributed by atoms with Crippen molar-refractivity contribution in [3.05, 3.63) is 54.0 Å². The van der Waals surface area contributed by atoms with E-state index in [1.807, 2.05) is 12.1 Å². The molecule has 0 aliphatic heterocycles. The summed E-state index contributed by atoms with van der Waals surface area (Å²) in [6.07, 6.45) is 4.28. The summed E-state index contributed by atoms with van der Waals surface area (Å²) in [7, 11) is 0. The normalized spacial score (nSPS) is 14.7. The van der Waals surface area contributed by atoms with Gasteiger partial charge in [0.15, 0.2) is 0 Å². The van der Waals surface area contributed by atoms with Gasteiger partial charge < -0.3 is 15.1 Å². The lowest BCUT2D eigenvalue weighted by Crippen LogP contribution is -2.24. The van der Waals surface area contributed by atoms with Gasteiger partial charge >= 0.3 is 0 Å². The number of anilines is 1. The molecule has 1 saturated carbocycles. The second-order valence-corrected chi connectivity index (χ2v) is 4.81. The number of hydrogen-bond acceptors (Lipinski definition) is 3. The van der Waals surface area contributed by atoms with Crippen molar-refractivity contribution in [3.63, 3.8) is 0 Å². The molecule has 0 spiro atoms. The fraction of sp³-hybridized carbons (Fsp3) is 0.333. The van der Waals surface area contributed by atoms with Crippen LogP contribution in [0.5, 0.6) is 0 Å². The topological polar surface area (TPSA) is 42.4 Å². The first-order chi connectivity index (χ1) is 8.86. The Morgan fingerprint density at radius 2 is 2.11 bits per heavy atom. The first kappa shape index (κ1) is 11.4. The molecule has 1 aliphatic carbocycles. The van der Waals surface area contributed by atoms with Gasteiger partial charge in [0.1, 0.15) is 5.76 Å². The van der Waals surface area contributed by atoms with Crippen LogP contribution in [0.2, 0.25) is 0 Å². The number of rotatable bonds is 5. The van der Waals surface area contributed by atoms with E-state index in [9.17, 15) is 0 Å². The average Bonchev–Trinajstić information content (AvgIpc) is 3.13. The summed E-state index contributed by atoms with van der Waals surface area (Å²) in [4.78, 5) is 2.41. The zero-order valence-corrected chi connectivity index (χ0v) is 10.4. The summed E-state index contributed by atoms with van der Waals surface area (Å²) >= 11 is 0. The van der Waals surface area contributed by atoms with Crippen LogP contribution in [-0.4, -0.2) is 6.04 Å². The predicted molar refractivity (Wildman–Crippen MR) is 72.2 cm³/mol. The van der Waals surface area contributed by atoms with Gasteiger partial charge in [0.2, 0.25) is 0 Å². The maximum absolute atomic E-state index is 5.71. The van der Waals surface area contributed by atoms with Crippen molar-refractivity contribution < 1.29 is 4.42 Å². The molecule has 0 atom stereocenters. The van der Waals surface area contributed by atoms with E-state index in [0.717, 1.165) is 12.3 Å². The molecule has 18 heavy (non-hydrogen) atoms. The van der Waals surface area contributed by atoms with Crippen LogP contribution in [0.3, 0.4) is 0 Å². The highest BCUT2D eigenvalue weighted by molar-refractivity contribution is 5.50. The summed E-state index contributed by atoms with van der Waals surface area (Å²) in [6, 6.07) is 13.1. The smallest absolute Gasteiger partial charge is 0.123 e. The van der Waals surface area contributed by atoms with Gasteiger partial charge in [-0.05, 0) is 42.7 Å². The molecule has 1 aliphatic rings. The van der Waals surface area contributed by atoms with E-state index in [-0.39, 0.29) is 0 Å². The van der Waals surface area contributed by atoms with E-state index in [0.29, 0.717) is 12.6 Å². The Hall–Kier alpha value is -1.74. The first-order valence-corrected chi connectivity index (χ1v) is 6.45. The molecule has 0 radical (unpaired) electrons. The highest BCUT2D eigenvalue weighted by atomic mass is 16.3. The Kier molecular flexibility index (Phi) is 3.07. The quantitative estimate of drug-likeness (QED) is 0.876. The molecule has 1 fully saturated rings. The van der Waals surface area contributed by atoms with Crippen molar-refractivity contribution in [2.45, 2.75) is 32.0 Å². The molecule has 0 unspecified atom stereocenters. The van der Waals surface area contributed by atoms with Gasteiger partial charge in [0.25, 0.3) is 0 Å². The highest BCUT2D eigenvalue weighted by Gasteiger charge is 2.29. The molecule has 3 rings (SSSR count). The zero-order chi connectivity index (χ0) is 12.4. The van der Waals surface area contributed by atoms with Gasteiger partial charge in [-0.1, -0.05) is 12.1 Å². The largest absolute Gasteiger partial charge is 0.467 e. The second-order valence-electron chi connectivity index (χ2n) is 4.81. The van der Waals surface area contributed by atoms with Crippen LogP contribution in [0.4, 0.5) is 5.69 Å². The maximum atomic E-state index is 5.71. The Morgan fingerprint density at radius 3 is 2.78 bits per heavy atom. The standard InChI is InChI=1S/C15H18N2O/c16-10-12-3-1-4-14(9-12)17(13-6-7-13)11-15-5-2-8-18-15/h1-5,8-9,13H,6-7,10-11,16H2. The van der Waals surface area contributed by atoms with Crippen molar-refractivity contribution in [2.75, 3.05) is 4.90 Å². The molecular formula is C15H18N2O. The van der Waals surface area contributed by atoms with Crippen LogP contribution >= 0.6 is 0 Å². The first-order valence-electron chi connectivity index (χ1n) is 6.45. The monoisotopic (exact) mass is 242 g/mol. The number of hydrogen-bond donors (Lipinski definition) is 1. The summed E-state index contributed by atoms with van der Waals surface area (Å²) < 4.78 is 5.45. The molecule has 2 aromatic rings. The summed E-state index contributed by atoms with van der Waals surface area (Å²) in [6.45, 7) is 1.43. The summed E-state index contributed by atoms with van der Waals surface area (Å²) in [5.74, 6) is 1.01. The molecule has 0 amide bonds. The van der Waals surface area contributed by atoms with Gasteiger partial charge in [0, 0.05) is 18.3 Å². The van der Waals surface area contributed by atoms with E-state index < -0.39 is 0 Å². The van der Waals surface area contributed by atoms with Crippen LogP contribution in [0.1, 0.15) is 24.2 Å². The van der Waals surface area contributed by atoms with Gasteiger partial charge in [-0.15, -0.1) is 0 Å². The van der Waals surface area contributed by atoms with E-state index in [1.54, 1.807) is 6.26 Å². The summed E-state index contributed by atoms with van der Waals surface area (Å²) in [5, 5.41) is 0. The minimum absolute atomic E-state index is 0.590. The molecular weight excluding hydrogens is 224 g/mol. The molecule has 1 heterocycles. The average molecular weight is 242 g/mol. The molecule has 3 heteroatoms. The SMILES string of the molecule is NCc1cccc(N(Cc2ccco2)C2CC2)c1. The molecule has 1 aromatic carbocycles. The third-order valence-electron chi connectivity index (χ3n) is 3.37. The van der Waals surface area contributed by atoms with E-state index in [2.05, 4.69) is 29.2 Å². The second kappa shape index (κ2) is 4.86. The predicted octanol–water partition coefficient (Wildman–Crippen LogP) is 2.91. The molecule has 2 N–H and O–H groups in total. The number of nitrogens with zero attached hydrogens (tertiary/aromatic N) is 1. The Balaban J connectivity index is 1.84. The van der Waals surface area contributed by atoms with Crippen LogP contribution in [-0.2, 0) is 13.1 Å². The van der Waals surface area contributed by atoms with E-state index in [4.69, 9.17) is 10.2 Å². The third kappa shape index (κ3) is 2.41. The van der Waals surface area contributed by atoms with Gasteiger partial charge in [0.05, 0.1) is 12.8 Å². The number of benzene rings is 1. The van der Waals surface area contributed by atoms with Crippen molar-refractivity contribution in [2.24, 2.45) is 5.73 Å². The lowest BCUT2D eigenvalue weighted by molar-refractivity contribution is 0.501. The minimum atomic E-state index is 0.590. The van der Waals surface area contributed by atoms with Crippen molar-refractivity contribution in [3.8, 4) is 0 Å². The third-order valence-corrected chi connectivity index (χ3v) is 3.37. The summed E-state index contributed by atoms with van der Waals surface area (Å²) in [5.41, 5.74) is 8.14. The fourth-order valence-electron chi connectivity index (χ4n) is 2.25. The van der Waals surface area contributed by atoms with E-state index >= 15 is 0 Å². The highest BCUT2D eigenvalue weighted by Crippen LogP contribution is 2.33. The fourth-order valence-corrected chi connectivity index (χ4v) is 2.25. The van der Waals surface area contributed by atoms with Gasteiger partial charge in [-0.3, -0.25) is 0 Å². The van der Waals surface area contributed by atoms with Crippen LogP contribution in [0, 0.1) is 0 Å². The maximum Gasteiger partial charge on any atom is 0.123 e. The molecule has 0 bridgehead atoms. The molecule has 0 saturated heterocycles. The van der Waals surface area contributed by atoms with Gasteiger partial charge in [-0.2, -0.15) is 0 Å². The van der Waals surface area contributed by atoms with Gasteiger partial charge in [-0.25, -0.2) is 0 Å². The minimum Gasteiger partial charge on any atom is -0.467 e. The van der Waals surface area contributed by atoms with Crippen molar-refractivity contribution in [1.29, 1.82) is 0 Å². The Bertz CT molecular complexity index is 503. The molecule has 94 valence electrons. The van der Waals surface area contributed by atoms with Crippen LogP contribution < -0.4 is 10.6 Å². The van der Waals surface area contributed by atoms with Crippen LogP contribution in [0.25, 0.3) is 0 Å². The zero-order valence-electron chi connectivity index (χ0n) is 10.4. The molecule has 3 nitrogen and oxygen atoms in total.